The standard InChI is InChI=1S/C19H36N6.HI/c1-7-20-19(22-12-18-15(4)23-24(6)16(18)5)21-11-17-9-8-10-25(13-17)14(2)3;/h14,17H,7-13H2,1-6H3,(H2,20,21,22);1H. The first kappa shape index (κ1) is 23.2. The van der Waals surface area contributed by atoms with Crippen LogP contribution in [0.1, 0.15) is 50.6 Å². The van der Waals surface area contributed by atoms with Gasteiger partial charge in [-0.05, 0) is 59.9 Å². The van der Waals surface area contributed by atoms with Gasteiger partial charge in [0.25, 0.3) is 0 Å². The van der Waals surface area contributed by atoms with E-state index in [4.69, 9.17) is 4.99 Å². The molecule has 1 aliphatic heterocycles. The predicted octanol–water partition coefficient (Wildman–Crippen LogP) is 2.83. The molecular weight excluding hydrogens is 439 g/mol. The highest BCUT2D eigenvalue weighted by Gasteiger charge is 2.21. The lowest BCUT2D eigenvalue weighted by atomic mass is 9.97. The van der Waals surface area contributed by atoms with Crippen LogP contribution in [0.15, 0.2) is 4.99 Å². The molecule has 2 N–H and O–H groups in total. The fourth-order valence-electron chi connectivity index (χ4n) is 3.52. The Balaban J connectivity index is 0.00000338. The van der Waals surface area contributed by atoms with Crippen molar-refractivity contribution >= 4 is 29.9 Å². The molecule has 1 unspecified atom stereocenters. The summed E-state index contributed by atoms with van der Waals surface area (Å²) < 4.78 is 1.93. The number of hydrogen-bond acceptors (Lipinski definition) is 3. The maximum Gasteiger partial charge on any atom is 0.191 e. The minimum atomic E-state index is 0. The number of aryl methyl sites for hydroxylation is 2. The summed E-state index contributed by atoms with van der Waals surface area (Å²) in [7, 11) is 1.99. The van der Waals surface area contributed by atoms with Crippen molar-refractivity contribution in [3.05, 3.63) is 17.0 Å². The third kappa shape index (κ3) is 6.40. The minimum Gasteiger partial charge on any atom is -0.357 e. The summed E-state index contributed by atoms with van der Waals surface area (Å²) in [6.07, 6.45) is 2.60. The number of guanidine groups is 1. The first-order valence-electron chi connectivity index (χ1n) is 9.67. The van der Waals surface area contributed by atoms with Crippen LogP contribution in [0.4, 0.5) is 0 Å². The van der Waals surface area contributed by atoms with Crippen molar-refractivity contribution in [1.82, 2.24) is 25.3 Å². The lowest BCUT2D eigenvalue weighted by Gasteiger charge is -2.35. The van der Waals surface area contributed by atoms with Crippen LogP contribution in [0.2, 0.25) is 0 Å². The van der Waals surface area contributed by atoms with Crippen LogP contribution in [-0.2, 0) is 13.6 Å². The Bertz CT molecular complexity index is 581. The van der Waals surface area contributed by atoms with Gasteiger partial charge in [-0.1, -0.05) is 0 Å². The third-order valence-corrected chi connectivity index (χ3v) is 5.24. The van der Waals surface area contributed by atoms with Crippen LogP contribution >= 0.6 is 24.0 Å². The smallest absolute Gasteiger partial charge is 0.191 e. The summed E-state index contributed by atoms with van der Waals surface area (Å²) >= 11 is 0. The van der Waals surface area contributed by atoms with Gasteiger partial charge in [0.05, 0.1) is 12.2 Å². The molecule has 26 heavy (non-hydrogen) atoms. The highest BCUT2D eigenvalue weighted by molar-refractivity contribution is 14.0. The molecule has 0 aromatic carbocycles. The molecule has 1 fully saturated rings. The van der Waals surface area contributed by atoms with Gasteiger partial charge in [-0.15, -0.1) is 24.0 Å². The Morgan fingerprint density at radius 3 is 2.62 bits per heavy atom. The largest absolute Gasteiger partial charge is 0.357 e. The van der Waals surface area contributed by atoms with E-state index in [0.29, 0.717) is 18.5 Å². The normalized spacial score (nSPS) is 18.7. The molecule has 150 valence electrons. The summed E-state index contributed by atoms with van der Waals surface area (Å²) in [5, 5.41) is 11.4. The summed E-state index contributed by atoms with van der Waals surface area (Å²) in [6.45, 7) is 15.8. The molecule has 0 radical (unpaired) electrons. The summed E-state index contributed by atoms with van der Waals surface area (Å²) in [5.41, 5.74) is 3.49. The van der Waals surface area contributed by atoms with Crippen molar-refractivity contribution in [3.63, 3.8) is 0 Å². The Morgan fingerprint density at radius 2 is 2.04 bits per heavy atom. The van der Waals surface area contributed by atoms with Gasteiger partial charge in [0.15, 0.2) is 5.96 Å². The van der Waals surface area contributed by atoms with Gasteiger partial charge in [-0.3, -0.25) is 4.68 Å². The van der Waals surface area contributed by atoms with Crippen molar-refractivity contribution in [2.24, 2.45) is 18.0 Å². The van der Waals surface area contributed by atoms with Gasteiger partial charge >= 0.3 is 0 Å². The number of nitrogens with zero attached hydrogens (tertiary/aromatic N) is 4. The van der Waals surface area contributed by atoms with E-state index >= 15 is 0 Å². The number of hydrogen-bond donors (Lipinski definition) is 2. The lowest BCUT2D eigenvalue weighted by Crippen LogP contribution is -2.46. The van der Waals surface area contributed by atoms with Crippen molar-refractivity contribution in [3.8, 4) is 0 Å². The molecule has 2 heterocycles. The second-order valence-electron chi connectivity index (χ2n) is 7.45. The first-order valence-corrected chi connectivity index (χ1v) is 9.67. The van der Waals surface area contributed by atoms with Gasteiger partial charge in [0.1, 0.15) is 0 Å². The first-order chi connectivity index (χ1) is 11.9. The molecule has 1 aliphatic rings. The zero-order valence-corrected chi connectivity index (χ0v) is 19.6. The number of halogens is 1. The Morgan fingerprint density at radius 1 is 1.31 bits per heavy atom. The molecule has 2 rings (SSSR count). The molecule has 0 spiro atoms. The minimum absolute atomic E-state index is 0. The molecule has 6 nitrogen and oxygen atoms in total. The van der Waals surface area contributed by atoms with E-state index in [0.717, 1.165) is 24.7 Å². The fraction of sp³-hybridized carbons (Fsp3) is 0.789. The average Bonchev–Trinajstić information content (AvgIpc) is 2.83. The van der Waals surface area contributed by atoms with E-state index in [1.807, 2.05) is 11.7 Å². The van der Waals surface area contributed by atoms with Crippen LogP contribution < -0.4 is 10.6 Å². The topological polar surface area (TPSA) is 57.5 Å². The van der Waals surface area contributed by atoms with Gasteiger partial charge in [-0.2, -0.15) is 5.10 Å². The molecule has 0 saturated carbocycles. The van der Waals surface area contributed by atoms with Crippen LogP contribution in [-0.4, -0.2) is 52.9 Å². The molecular formula is C19H37IN6. The molecule has 7 heteroatoms. The Kier molecular flexibility index (Phi) is 9.92. The fourth-order valence-corrected chi connectivity index (χ4v) is 3.52. The molecule has 1 aromatic heterocycles. The van der Waals surface area contributed by atoms with Crippen molar-refractivity contribution in [2.75, 3.05) is 26.2 Å². The molecule has 1 atom stereocenters. The number of piperidine rings is 1. The van der Waals surface area contributed by atoms with Gasteiger partial charge < -0.3 is 15.5 Å². The second kappa shape index (κ2) is 11.1. The van der Waals surface area contributed by atoms with E-state index in [-0.39, 0.29) is 24.0 Å². The maximum atomic E-state index is 4.78. The number of nitrogens with one attached hydrogen (secondary N) is 2. The summed E-state index contributed by atoms with van der Waals surface area (Å²) in [5.74, 6) is 1.61. The number of aromatic nitrogens is 2. The van der Waals surface area contributed by atoms with Crippen molar-refractivity contribution < 1.29 is 0 Å². The van der Waals surface area contributed by atoms with E-state index in [9.17, 15) is 0 Å². The van der Waals surface area contributed by atoms with E-state index in [1.165, 1.54) is 37.2 Å². The number of rotatable bonds is 6. The molecule has 0 bridgehead atoms. The van der Waals surface area contributed by atoms with E-state index in [1.54, 1.807) is 0 Å². The highest BCUT2D eigenvalue weighted by atomic mass is 127. The maximum absolute atomic E-state index is 4.78. The quantitative estimate of drug-likeness (QED) is 0.377. The second-order valence-corrected chi connectivity index (χ2v) is 7.45. The number of likely N-dealkylation sites (tertiary alicyclic amines) is 1. The Labute approximate surface area is 176 Å². The summed E-state index contributed by atoms with van der Waals surface area (Å²) in [6, 6.07) is 0.640. The van der Waals surface area contributed by atoms with Crippen molar-refractivity contribution in [1.29, 1.82) is 0 Å². The monoisotopic (exact) mass is 476 g/mol. The average molecular weight is 476 g/mol. The highest BCUT2D eigenvalue weighted by Crippen LogP contribution is 2.17. The van der Waals surface area contributed by atoms with Crippen molar-refractivity contribution in [2.45, 2.75) is 60.0 Å². The lowest BCUT2D eigenvalue weighted by molar-refractivity contribution is 0.141. The molecule has 1 aromatic rings. The van der Waals surface area contributed by atoms with E-state index < -0.39 is 0 Å². The van der Waals surface area contributed by atoms with Gasteiger partial charge in [0.2, 0.25) is 0 Å². The third-order valence-electron chi connectivity index (χ3n) is 5.24. The van der Waals surface area contributed by atoms with E-state index in [2.05, 4.69) is 55.3 Å². The predicted molar refractivity (Wildman–Crippen MR) is 120 cm³/mol. The van der Waals surface area contributed by atoms with Gasteiger partial charge in [0, 0.05) is 44.0 Å². The van der Waals surface area contributed by atoms with Crippen LogP contribution in [0.3, 0.4) is 0 Å². The molecule has 1 saturated heterocycles. The molecule has 0 amide bonds. The summed E-state index contributed by atoms with van der Waals surface area (Å²) in [4.78, 5) is 7.37. The SMILES string of the molecule is CCNC(=NCc1c(C)nn(C)c1C)NCC1CCCN(C(C)C)C1.I. The number of aliphatic imine (C=N–C) groups is 1. The van der Waals surface area contributed by atoms with Crippen LogP contribution in [0.5, 0.6) is 0 Å². The van der Waals surface area contributed by atoms with Crippen LogP contribution in [0.25, 0.3) is 0 Å². The van der Waals surface area contributed by atoms with Crippen LogP contribution in [0, 0.1) is 19.8 Å². The molecule has 0 aliphatic carbocycles. The Hall–Kier alpha value is -0.830. The zero-order chi connectivity index (χ0) is 18.4. The van der Waals surface area contributed by atoms with Gasteiger partial charge in [-0.25, -0.2) is 4.99 Å². The zero-order valence-electron chi connectivity index (χ0n) is 17.3.